The van der Waals surface area contributed by atoms with Crippen molar-refractivity contribution in [2.45, 2.75) is 32.5 Å². The van der Waals surface area contributed by atoms with Gasteiger partial charge in [0.15, 0.2) is 5.96 Å². The molecule has 150 valence electrons. The first-order chi connectivity index (χ1) is 13.7. The van der Waals surface area contributed by atoms with Crippen molar-refractivity contribution >= 4 is 5.96 Å². The van der Waals surface area contributed by atoms with E-state index in [-0.39, 0.29) is 0 Å². The highest BCUT2D eigenvalue weighted by atomic mass is 16.3. The highest BCUT2D eigenvalue weighted by Gasteiger charge is 2.18. The summed E-state index contributed by atoms with van der Waals surface area (Å²) in [6.45, 7) is 6.60. The van der Waals surface area contributed by atoms with E-state index in [0.29, 0.717) is 13.1 Å². The van der Waals surface area contributed by atoms with Crippen LogP contribution in [-0.2, 0) is 19.5 Å². The van der Waals surface area contributed by atoms with Gasteiger partial charge in [-0.2, -0.15) is 0 Å². The molecule has 2 aromatic carbocycles. The fourth-order valence-electron chi connectivity index (χ4n) is 3.66. The van der Waals surface area contributed by atoms with Crippen molar-refractivity contribution < 1.29 is 5.11 Å². The van der Waals surface area contributed by atoms with Gasteiger partial charge < -0.3 is 15.3 Å². The minimum Gasteiger partial charge on any atom is -0.390 e. The summed E-state index contributed by atoms with van der Waals surface area (Å²) in [6.07, 6.45) is 0.582. The summed E-state index contributed by atoms with van der Waals surface area (Å²) < 4.78 is 0. The Kier molecular flexibility index (Phi) is 7.46. The lowest BCUT2D eigenvalue weighted by molar-refractivity contribution is 0.111. The fourth-order valence-corrected chi connectivity index (χ4v) is 3.66. The maximum absolute atomic E-state index is 10.5. The highest BCUT2D eigenvalue weighted by molar-refractivity contribution is 5.79. The Balaban J connectivity index is 1.53. The number of hydrogen-bond acceptors (Lipinski definition) is 3. The van der Waals surface area contributed by atoms with Gasteiger partial charge in [0.25, 0.3) is 0 Å². The fraction of sp³-hybridized carbons (Fsp3) is 0.435. The van der Waals surface area contributed by atoms with Gasteiger partial charge in [-0.1, -0.05) is 54.6 Å². The van der Waals surface area contributed by atoms with Crippen LogP contribution in [0.3, 0.4) is 0 Å². The monoisotopic (exact) mass is 380 g/mol. The standard InChI is InChI=1S/C23H32N4O/c1-3-24-23(26(2)16-19-9-5-4-6-10-19)25-15-22(28)18-27-14-13-20-11-7-8-12-21(20)17-27/h4-12,22,28H,3,13-18H2,1-2H3,(H,24,25). The molecular formula is C23H32N4O. The second kappa shape index (κ2) is 10.2. The summed E-state index contributed by atoms with van der Waals surface area (Å²) in [5.74, 6) is 0.828. The number of nitrogens with one attached hydrogen (secondary N) is 1. The van der Waals surface area contributed by atoms with Gasteiger partial charge in [-0.05, 0) is 30.0 Å². The second-order valence-corrected chi connectivity index (χ2v) is 7.44. The molecule has 1 heterocycles. The van der Waals surface area contributed by atoms with Crippen molar-refractivity contribution in [1.82, 2.24) is 15.1 Å². The van der Waals surface area contributed by atoms with E-state index in [9.17, 15) is 5.11 Å². The van der Waals surface area contributed by atoms with Gasteiger partial charge in [0, 0.05) is 39.8 Å². The summed E-state index contributed by atoms with van der Waals surface area (Å²) in [5, 5.41) is 13.9. The van der Waals surface area contributed by atoms with E-state index in [2.05, 4.69) is 63.4 Å². The van der Waals surface area contributed by atoms with E-state index >= 15 is 0 Å². The third kappa shape index (κ3) is 5.81. The number of hydrogen-bond donors (Lipinski definition) is 2. The molecule has 0 aliphatic carbocycles. The molecule has 5 nitrogen and oxygen atoms in total. The maximum atomic E-state index is 10.5. The summed E-state index contributed by atoms with van der Waals surface area (Å²) in [6, 6.07) is 18.9. The lowest BCUT2D eigenvalue weighted by Crippen LogP contribution is -2.40. The molecule has 1 aliphatic rings. The lowest BCUT2D eigenvalue weighted by atomic mass is 10.00. The van der Waals surface area contributed by atoms with Crippen molar-refractivity contribution in [2.24, 2.45) is 4.99 Å². The molecule has 28 heavy (non-hydrogen) atoms. The molecule has 0 fully saturated rings. The molecule has 5 heteroatoms. The van der Waals surface area contributed by atoms with Crippen LogP contribution in [0.1, 0.15) is 23.6 Å². The number of aliphatic hydroxyl groups excluding tert-OH is 1. The van der Waals surface area contributed by atoms with Crippen LogP contribution in [0.25, 0.3) is 0 Å². The average molecular weight is 381 g/mol. The van der Waals surface area contributed by atoms with Crippen molar-refractivity contribution in [1.29, 1.82) is 0 Å². The minimum absolute atomic E-state index is 0.402. The Morgan fingerprint density at radius 1 is 1.14 bits per heavy atom. The van der Waals surface area contributed by atoms with E-state index in [1.807, 2.05) is 25.2 Å². The number of benzene rings is 2. The molecule has 2 N–H and O–H groups in total. The topological polar surface area (TPSA) is 51.1 Å². The molecule has 0 spiro atoms. The molecular weight excluding hydrogens is 348 g/mol. The molecule has 0 aromatic heterocycles. The Bertz CT molecular complexity index is 762. The molecule has 2 aromatic rings. The molecule has 1 unspecified atom stereocenters. The molecule has 0 bridgehead atoms. The minimum atomic E-state index is -0.468. The Labute approximate surface area is 168 Å². The van der Waals surface area contributed by atoms with Crippen LogP contribution in [-0.4, -0.2) is 60.2 Å². The summed E-state index contributed by atoms with van der Waals surface area (Å²) >= 11 is 0. The molecule has 0 saturated heterocycles. The van der Waals surface area contributed by atoms with Crippen LogP contribution in [0.2, 0.25) is 0 Å². The van der Waals surface area contributed by atoms with Crippen LogP contribution in [0.15, 0.2) is 59.6 Å². The van der Waals surface area contributed by atoms with Crippen molar-refractivity contribution in [3.8, 4) is 0 Å². The maximum Gasteiger partial charge on any atom is 0.194 e. The third-order valence-electron chi connectivity index (χ3n) is 5.09. The normalized spacial score (nSPS) is 15.8. The average Bonchev–Trinajstić information content (AvgIpc) is 2.71. The molecule has 0 radical (unpaired) electrons. The molecule has 0 amide bonds. The van der Waals surface area contributed by atoms with Gasteiger partial charge >= 0.3 is 0 Å². The third-order valence-corrected chi connectivity index (χ3v) is 5.09. The van der Waals surface area contributed by atoms with E-state index < -0.39 is 6.10 Å². The zero-order valence-electron chi connectivity index (χ0n) is 17.0. The zero-order chi connectivity index (χ0) is 19.8. The number of guanidine groups is 1. The lowest BCUT2D eigenvalue weighted by Gasteiger charge is -2.30. The zero-order valence-corrected chi connectivity index (χ0v) is 17.0. The van der Waals surface area contributed by atoms with E-state index in [0.717, 1.165) is 38.6 Å². The van der Waals surface area contributed by atoms with Crippen molar-refractivity contribution in [3.63, 3.8) is 0 Å². The SMILES string of the molecule is CCNC(=NCC(O)CN1CCc2ccccc2C1)N(C)Cc1ccccc1. The molecule has 1 atom stereocenters. The summed E-state index contributed by atoms with van der Waals surface area (Å²) in [5.41, 5.74) is 4.05. The number of nitrogens with zero attached hydrogens (tertiary/aromatic N) is 3. The summed E-state index contributed by atoms with van der Waals surface area (Å²) in [7, 11) is 2.03. The first kappa shape index (κ1) is 20.4. The van der Waals surface area contributed by atoms with Gasteiger partial charge in [-0.3, -0.25) is 9.89 Å². The first-order valence-electron chi connectivity index (χ1n) is 10.2. The predicted octanol–water partition coefficient (Wildman–Crippen LogP) is 2.50. The quantitative estimate of drug-likeness (QED) is 0.572. The summed E-state index contributed by atoms with van der Waals surface area (Å²) in [4.78, 5) is 9.10. The highest BCUT2D eigenvalue weighted by Crippen LogP contribution is 2.18. The number of rotatable bonds is 7. The molecule has 3 rings (SSSR count). The second-order valence-electron chi connectivity index (χ2n) is 7.44. The van der Waals surface area contributed by atoms with Crippen LogP contribution in [0.4, 0.5) is 0 Å². The predicted molar refractivity (Wildman–Crippen MR) is 115 cm³/mol. The van der Waals surface area contributed by atoms with E-state index in [4.69, 9.17) is 0 Å². The number of β-amino-alcohol motifs (C(OH)–C–C–N with tert-alkyl or cyclic N) is 1. The molecule has 0 saturated carbocycles. The van der Waals surface area contributed by atoms with Gasteiger partial charge in [-0.25, -0.2) is 0 Å². The van der Waals surface area contributed by atoms with Gasteiger partial charge in [0.1, 0.15) is 0 Å². The Hall–Kier alpha value is -2.37. The van der Waals surface area contributed by atoms with Gasteiger partial charge in [-0.15, -0.1) is 0 Å². The van der Waals surface area contributed by atoms with Crippen LogP contribution >= 0.6 is 0 Å². The van der Waals surface area contributed by atoms with Crippen LogP contribution in [0.5, 0.6) is 0 Å². The van der Waals surface area contributed by atoms with E-state index in [1.54, 1.807) is 0 Å². The van der Waals surface area contributed by atoms with Crippen LogP contribution in [0, 0.1) is 0 Å². The Morgan fingerprint density at radius 2 is 1.86 bits per heavy atom. The number of fused-ring (bicyclic) bond motifs is 1. The largest absolute Gasteiger partial charge is 0.390 e. The van der Waals surface area contributed by atoms with Crippen molar-refractivity contribution in [2.75, 3.05) is 33.2 Å². The van der Waals surface area contributed by atoms with E-state index in [1.165, 1.54) is 16.7 Å². The first-order valence-corrected chi connectivity index (χ1v) is 10.2. The van der Waals surface area contributed by atoms with Crippen molar-refractivity contribution in [3.05, 3.63) is 71.3 Å². The number of aliphatic hydroxyl groups is 1. The van der Waals surface area contributed by atoms with Crippen LogP contribution < -0.4 is 5.32 Å². The van der Waals surface area contributed by atoms with Gasteiger partial charge in [0.05, 0.1) is 12.6 Å². The smallest absolute Gasteiger partial charge is 0.194 e. The number of aliphatic imine (C=N–C) groups is 1. The Morgan fingerprint density at radius 3 is 2.61 bits per heavy atom. The van der Waals surface area contributed by atoms with Gasteiger partial charge in [0.2, 0.25) is 0 Å². The molecule has 1 aliphatic heterocycles.